The number of ether oxygens (including phenoxy) is 1. The van der Waals surface area contributed by atoms with Gasteiger partial charge in [-0.2, -0.15) is 4.98 Å². The molecule has 0 bridgehead atoms. The largest absolute Gasteiger partial charge is 0.466 e. The van der Waals surface area contributed by atoms with Crippen LogP contribution in [0.5, 0.6) is 0 Å². The summed E-state index contributed by atoms with van der Waals surface area (Å²) in [5, 5.41) is 7.44. The molecule has 2 aromatic rings. The fourth-order valence-corrected chi connectivity index (χ4v) is 3.65. The molecule has 1 atom stereocenters. The van der Waals surface area contributed by atoms with Gasteiger partial charge in [-0.25, -0.2) is 0 Å². The summed E-state index contributed by atoms with van der Waals surface area (Å²) in [5.41, 5.74) is 1.99. The third-order valence-electron chi connectivity index (χ3n) is 5.12. The zero-order valence-electron chi connectivity index (χ0n) is 18.1. The van der Waals surface area contributed by atoms with Gasteiger partial charge in [0.1, 0.15) is 0 Å². The number of likely N-dealkylation sites (tertiary alicyclic amines) is 1. The van der Waals surface area contributed by atoms with Crippen molar-refractivity contribution in [1.29, 1.82) is 0 Å². The van der Waals surface area contributed by atoms with Gasteiger partial charge in [0.15, 0.2) is 11.8 Å². The zero-order valence-corrected chi connectivity index (χ0v) is 18.1. The summed E-state index contributed by atoms with van der Waals surface area (Å²) in [5.74, 6) is 1.84. The maximum absolute atomic E-state index is 12.1. The molecule has 3 rings (SSSR count). The van der Waals surface area contributed by atoms with Crippen molar-refractivity contribution >= 4 is 11.9 Å². The molecule has 1 aromatic heterocycles. The van der Waals surface area contributed by atoms with E-state index in [-0.39, 0.29) is 11.9 Å². The molecule has 8 heteroatoms. The third-order valence-corrected chi connectivity index (χ3v) is 5.12. The molecule has 1 aliphatic rings. The predicted molar refractivity (Wildman–Crippen MR) is 115 cm³/mol. The number of rotatable bonds is 7. The average Bonchev–Trinajstić information content (AvgIpc) is 3.24. The van der Waals surface area contributed by atoms with Crippen molar-refractivity contribution in [3.05, 3.63) is 35.7 Å². The lowest BCUT2D eigenvalue weighted by Crippen LogP contribution is -2.48. The topological polar surface area (TPSA) is 92.9 Å². The van der Waals surface area contributed by atoms with Crippen molar-refractivity contribution in [1.82, 2.24) is 20.4 Å². The molecule has 1 aliphatic heterocycles. The number of carbonyl (C=O) groups excluding carboxylic acids is 1. The normalized spacial score (nSPS) is 17.1. The van der Waals surface area contributed by atoms with Crippen molar-refractivity contribution in [3.8, 4) is 11.5 Å². The lowest BCUT2D eigenvalue weighted by molar-refractivity contribution is -0.149. The number of nitrogens with zero attached hydrogens (tertiary/aromatic N) is 4. The average molecular weight is 414 g/mol. The van der Waals surface area contributed by atoms with Crippen LogP contribution in [-0.4, -0.2) is 53.7 Å². The first kappa shape index (κ1) is 21.8. The van der Waals surface area contributed by atoms with Gasteiger partial charge in [-0.05, 0) is 43.9 Å². The molecule has 0 saturated carbocycles. The number of nitrogens with one attached hydrogen (secondary N) is 1. The number of esters is 1. The standard InChI is InChI=1S/C22H31N5O3/c1-4-8-19-25-20(30-26-19)17-10-6-9-16(13-17)14-24-22(23-3)27-12-7-11-18(15-27)21(28)29-5-2/h6,9-10,13,18H,4-5,7-8,11-12,14-15H2,1-3H3,(H,23,24). The van der Waals surface area contributed by atoms with E-state index in [0.29, 0.717) is 25.6 Å². The molecule has 0 aliphatic carbocycles. The number of aromatic nitrogens is 2. The number of guanidine groups is 1. The summed E-state index contributed by atoms with van der Waals surface area (Å²) in [6.45, 7) is 6.45. The second-order valence-corrected chi connectivity index (χ2v) is 7.40. The van der Waals surface area contributed by atoms with Crippen molar-refractivity contribution in [2.75, 3.05) is 26.7 Å². The fourth-order valence-electron chi connectivity index (χ4n) is 3.65. The predicted octanol–water partition coefficient (Wildman–Crippen LogP) is 3.04. The Morgan fingerprint density at radius 1 is 1.40 bits per heavy atom. The lowest BCUT2D eigenvalue weighted by Gasteiger charge is -2.34. The smallest absolute Gasteiger partial charge is 0.310 e. The molecule has 162 valence electrons. The number of benzene rings is 1. The molecule has 1 fully saturated rings. The molecule has 1 aromatic carbocycles. The Balaban J connectivity index is 1.61. The monoisotopic (exact) mass is 413 g/mol. The van der Waals surface area contributed by atoms with Gasteiger partial charge in [0.05, 0.1) is 12.5 Å². The minimum atomic E-state index is -0.118. The first-order chi connectivity index (χ1) is 14.6. The van der Waals surface area contributed by atoms with Crippen LogP contribution in [0.3, 0.4) is 0 Å². The van der Waals surface area contributed by atoms with E-state index in [2.05, 4.69) is 32.3 Å². The van der Waals surface area contributed by atoms with E-state index in [1.807, 2.05) is 31.2 Å². The van der Waals surface area contributed by atoms with Crippen LogP contribution in [0, 0.1) is 5.92 Å². The van der Waals surface area contributed by atoms with Crippen LogP contribution in [0.1, 0.15) is 44.5 Å². The zero-order chi connectivity index (χ0) is 21.3. The van der Waals surface area contributed by atoms with Gasteiger partial charge in [0.25, 0.3) is 5.89 Å². The van der Waals surface area contributed by atoms with E-state index in [9.17, 15) is 4.79 Å². The van der Waals surface area contributed by atoms with Crippen LogP contribution in [0.2, 0.25) is 0 Å². The van der Waals surface area contributed by atoms with Crippen LogP contribution in [0.15, 0.2) is 33.8 Å². The van der Waals surface area contributed by atoms with Crippen molar-refractivity contribution < 1.29 is 14.1 Å². The quantitative estimate of drug-likeness (QED) is 0.424. The van der Waals surface area contributed by atoms with E-state index in [1.54, 1.807) is 7.05 Å². The van der Waals surface area contributed by atoms with Gasteiger partial charge < -0.3 is 19.5 Å². The summed E-state index contributed by atoms with van der Waals surface area (Å²) in [4.78, 5) is 23.1. The second-order valence-electron chi connectivity index (χ2n) is 7.40. The number of aliphatic imine (C=N–C) groups is 1. The molecule has 2 heterocycles. The van der Waals surface area contributed by atoms with Gasteiger partial charge in [-0.3, -0.25) is 9.79 Å². The Labute approximate surface area is 177 Å². The molecule has 30 heavy (non-hydrogen) atoms. The highest BCUT2D eigenvalue weighted by molar-refractivity contribution is 5.81. The van der Waals surface area contributed by atoms with Crippen LogP contribution < -0.4 is 5.32 Å². The number of aryl methyl sites for hydroxylation is 1. The van der Waals surface area contributed by atoms with Gasteiger partial charge in [-0.1, -0.05) is 24.2 Å². The van der Waals surface area contributed by atoms with Gasteiger partial charge in [-0.15, -0.1) is 0 Å². The minimum absolute atomic E-state index is 0.101. The molecule has 0 radical (unpaired) electrons. The Kier molecular flexibility index (Phi) is 7.82. The Morgan fingerprint density at radius 2 is 2.27 bits per heavy atom. The van der Waals surface area contributed by atoms with Crippen molar-refractivity contribution in [2.24, 2.45) is 10.9 Å². The van der Waals surface area contributed by atoms with Gasteiger partial charge >= 0.3 is 5.97 Å². The van der Waals surface area contributed by atoms with Gasteiger partial charge in [0, 0.05) is 38.7 Å². The molecular weight excluding hydrogens is 382 g/mol. The Morgan fingerprint density at radius 3 is 3.03 bits per heavy atom. The van der Waals surface area contributed by atoms with Crippen LogP contribution in [0.25, 0.3) is 11.5 Å². The Bertz CT molecular complexity index is 864. The maximum atomic E-state index is 12.1. The number of piperidine rings is 1. The molecule has 0 amide bonds. The molecule has 1 saturated heterocycles. The van der Waals surface area contributed by atoms with Crippen LogP contribution >= 0.6 is 0 Å². The summed E-state index contributed by atoms with van der Waals surface area (Å²) in [6, 6.07) is 8.04. The summed E-state index contributed by atoms with van der Waals surface area (Å²) in [6.07, 6.45) is 3.59. The minimum Gasteiger partial charge on any atom is -0.466 e. The number of carbonyl (C=O) groups is 1. The van der Waals surface area contributed by atoms with Crippen molar-refractivity contribution in [2.45, 2.75) is 46.1 Å². The fraction of sp³-hybridized carbons (Fsp3) is 0.545. The number of hydrogen-bond acceptors (Lipinski definition) is 6. The van der Waals surface area contributed by atoms with Gasteiger partial charge in [0.2, 0.25) is 0 Å². The Hall–Kier alpha value is -2.90. The number of hydrogen-bond donors (Lipinski definition) is 1. The van der Waals surface area contributed by atoms with E-state index >= 15 is 0 Å². The highest BCUT2D eigenvalue weighted by atomic mass is 16.5. The lowest BCUT2D eigenvalue weighted by atomic mass is 9.98. The first-order valence-electron chi connectivity index (χ1n) is 10.7. The van der Waals surface area contributed by atoms with E-state index in [0.717, 1.165) is 55.1 Å². The van der Waals surface area contributed by atoms with E-state index in [4.69, 9.17) is 9.26 Å². The molecule has 0 spiro atoms. The van der Waals surface area contributed by atoms with Crippen LogP contribution in [-0.2, 0) is 22.5 Å². The maximum Gasteiger partial charge on any atom is 0.310 e. The molecule has 1 unspecified atom stereocenters. The van der Waals surface area contributed by atoms with Crippen LogP contribution in [0.4, 0.5) is 0 Å². The van der Waals surface area contributed by atoms with Crippen molar-refractivity contribution in [3.63, 3.8) is 0 Å². The first-order valence-corrected chi connectivity index (χ1v) is 10.7. The summed E-state index contributed by atoms with van der Waals surface area (Å²) in [7, 11) is 1.76. The highest BCUT2D eigenvalue weighted by Gasteiger charge is 2.28. The highest BCUT2D eigenvalue weighted by Crippen LogP contribution is 2.20. The third kappa shape index (κ3) is 5.58. The molecular formula is C22H31N5O3. The van der Waals surface area contributed by atoms with E-state index in [1.165, 1.54) is 0 Å². The molecule has 8 nitrogen and oxygen atoms in total. The summed E-state index contributed by atoms with van der Waals surface area (Å²) >= 11 is 0. The SMILES string of the molecule is CCCc1noc(-c2cccc(CNC(=NC)N3CCCC(C(=O)OCC)C3)c2)n1. The summed E-state index contributed by atoms with van der Waals surface area (Å²) < 4.78 is 10.6. The van der Waals surface area contributed by atoms with E-state index < -0.39 is 0 Å². The second kappa shape index (κ2) is 10.8. The molecule has 1 N–H and O–H groups in total.